The monoisotopic (exact) mass is 280 g/mol. The molecule has 1 unspecified atom stereocenters. The highest BCUT2D eigenvalue weighted by molar-refractivity contribution is 7.78. The van der Waals surface area contributed by atoms with Crippen LogP contribution in [-0.2, 0) is 4.52 Å². The summed E-state index contributed by atoms with van der Waals surface area (Å²) in [6.07, 6.45) is 1.65. The van der Waals surface area contributed by atoms with Gasteiger partial charge in [-0.05, 0) is 38.9 Å². The van der Waals surface area contributed by atoms with Crippen LogP contribution in [0.3, 0.4) is 0 Å². The molecule has 0 aliphatic rings. The van der Waals surface area contributed by atoms with Gasteiger partial charge in [-0.25, -0.2) is 4.67 Å². The summed E-state index contributed by atoms with van der Waals surface area (Å²) in [4.78, 5) is 0. The lowest BCUT2D eigenvalue weighted by molar-refractivity contribution is 0.266. The van der Waals surface area contributed by atoms with Gasteiger partial charge in [0.1, 0.15) is 0 Å². The summed E-state index contributed by atoms with van der Waals surface area (Å²) in [7, 11) is -1.08. The minimum absolute atomic E-state index is 0.362. The van der Waals surface area contributed by atoms with Gasteiger partial charge in [0, 0.05) is 12.1 Å². The molecule has 0 aliphatic heterocycles. The van der Waals surface area contributed by atoms with Gasteiger partial charge in [-0.15, -0.1) is 0 Å². The van der Waals surface area contributed by atoms with Crippen molar-refractivity contribution in [3.8, 4) is 6.07 Å². The van der Waals surface area contributed by atoms with Gasteiger partial charge < -0.3 is 4.52 Å². The third kappa shape index (κ3) is 11.0. The quantitative estimate of drug-likeness (QED) is 0.512. The summed E-state index contributed by atoms with van der Waals surface area (Å²) >= 11 is 6.13. The minimum atomic E-state index is -1.08. The molecule has 0 saturated carbocycles. The summed E-state index contributed by atoms with van der Waals surface area (Å²) in [6.45, 7) is 13.0. The van der Waals surface area contributed by atoms with Crippen LogP contribution >= 0.6 is 18.9 Å². The van der Waals surface area contributed by atoms with Gasteiger partial charge in [0.25, 0.3) is 0 Å². The highest BCUT2D eigenvalue weighted by atomic mass is 35.7. The maximum Gasteiger partial charge on any atom is 0.207 e. The molecule has 102 valence electrons. The minimum Gasteiger partial charge on any atom is -0.330 e. The predicted octanol–water partition coefficient (Wildman–Crippen LogP) is 4.92. The molecule has 0 spiro atoms. The van der Waals surface area contributed by atoms with Crippen molar-refractivity contribution in [3.63, 3.8) is 0 Å². The Kier molecular flexibility index (Phi) is 14.4. The molecule has 0 heterocycles. The molecule has 0 bridgehead atoms. The molecule has 0 N–H and O–H groups in total. The van der Waals surface area contributed by atoms with Gasteiger partial charge >= 0.3 is 0 Å². The van der Waals surface area contributed by atoms with Crippen LogP contribution < -0.4 is 0 Å². The van der Waals surface area contributed by atoms with Crippen LogP contribution in [0.2, 0.25) is 0 Å². The van der Waals surface area contributed by atoms with E-state index in [-0.39, 0.29) is 0 Å². The number of nitrogens with zero attached hydrogens (tertiary/aromatic N) is 2. The molecule has 0 aromatic carbocycles. The van der Waals surface area contributed by atoms with Gasteiger partial charge in [-0.3, -0.25) is 0 Å². The van der Waals surface area contributed by atoms with Crippen molar-refractivity contribution < 1.29 is 4.52 Å². The van der Waals surface area contributed by atoms with Crippen LogP contribution in [0, 0.1) is 11.3 Å². The second-order valence-electron chi connectivity index (χ2n) is 4.24. The highest BCUT2D eigenvalue weighted by Gasteiger charge is 2.23. The average Bonchev–Trinajstić information content (AvgIpc) is 2.17. The fraction of sp³-hybridized carbons (Fsp3) is 0.917. The van der Waals surface area contributed by atoms with E-state index in [1.54, 1.807) is 0 Å². The van der Waals surface area contributed by atoms with Crippen molar-refractivity contribution in [3.05, 3.63) is 0 Å². The summed E-state index contributed by atoms with van der Waals surface area (Å²) in [6, 6.07) is 2.75. The van der Waals surface area contributed by atoms with E-state index >= 15 is 0 Å². The van der Waals surface area contributed by atoms with Gasteiger partial charge in [0.15, 0.2) is 0 Å². The molecule has 0 aromatic heterocycles. The van der Waals surface area contributed by atoms with Crippen molar-refractivity contribution in [1.29, 1.82) is 5.26 Å². The van der Waals surface area contributed by atoms with Crippen molar-refractivity contribution in [2.45, 2.75) is 66.5 Å². The second-order valence-corrected chi connectivity index (χ2v) is 6.28. The molecule has 0 saturated heterocycles. The van der Waals surface area contributed by atoms with E-state index in [0.717, 1.165) is 0 Å². The summed E-state index contributed by atoms with van der Waals surface area (Å²) in [5.74, 6) is 0. The molecule has 0 amide bonds. The Morgan fingerprint density at radius 1 is 1.24 bits per heavy atom. The first-order valence-electron chi connectivity index (χ1n) is 6.16. The Balaban J connectivity index is 0. The van der Waals surface area contributed by atoms with E-state index < -0.39 is 7.65 Å². The van der Waals surface area contributed by atoms with Crippen LogP contribution in [0.5, 0.6) is 0 Å². The van der Waals surface area contributed by atoms with E-state index in [0.29, 0.717) is 25.1 Å². The lowest BCUT2D eigenvalue weighted by Gasteiger charge is -2.32. The smallest absolute Gasteiger partial charge is 0.207 e. The molecule has 0 fully saturated rings. The van der Waals surface area contributed by atoms with E-state index in [9.17, 15) is 0 Å². The topological polar surface area (TPSA) is 36.3 Å². The molecule has 17 heavy (non-hydrogen) atoms. The van der Waals surface area contributed by atoms with Crippen LogP contribution in [0.25, 0.3) is 0 Å². The third-order valence-electron chi connectivity index (χ3n) is 1.65. The Morgan fingerprint density at radius 3 is 1.94 bits per heavy atom. The zero-order valence-corrected chi connectivity index (χ0v) is 13.6. The second kappa shape index (κ2) is 12.6. The molecular weight excluding hydrogens is 255 g/mol. The Hall–Kier alpha value is 0.130. The first-order chi connectivity index (χ1) is 7.92. The SMILES string of the molecule is CC(C)N(C(C)C)P(Cl)OCCC#N.CCC. The highest BCUT2D eigenvalue weighted by Crippen LogP contribution is 2.49. The Bertz CT molecular complexity index is 199. The van der Waals surface area contributed by atoms with Gasteiger partial charge in [-0.1, -0.05) is 20.3 Å². The van der Waals surface area contributed by atoms with Crippen LogP contribution in [0.4, 0.5) is 0 Å². The number of rotatable bonds is 6. The normalized spacial score (nSPS) is 12.3. The summed E-state index contributed by atoms with van der Waals surface area (Å²) < 4.78 is 7.52. The number of hydrogen-bond acceptors (Lipinski definition) is 3. The maximum absolute atomic E-state index is 8.36. The van der Waals surface area contributed by atoms with Gasteiger partial charge in [0.05, 0.1) is 19.1 Å². The van der Waals surface area contributed by atoms with E-state index in [1.807, 2.05) is 6.07 Å². The third-order valence-corrected chi connectivity index (χ3v) is 4.15. The Morgan fingerprint density at radius 2 is 1.65 bits per heavy atom. The van der Waals surface area contributed by atoms with Crippen molar-refractivity contribution >= 4 is 18.9 Å². The average molecular weight is 281 g/mol. The molecule has 1 atom stereocenters. The van der Waals surface area contributed by atoms with E-state index in [2.05, 4.69) is 46.2 Å². The first-order valence-corrected chi connectivity index (χ1v) is 8.27. The number of hydrogen-bond donors (Lipinski definition) is 0. The maximum atomic E-state index is 8.36. The largest absolute Gasteiger partial charge is 0.330 e. The molecule has 0 rings (SSSR count). The van der Waals surface area contributed by atoms with E-state index in [4.69, 9.17) is 21.0 Å². The van der Waals surface area contributed by atoms with Gasteiger partial charge in [-0.2, -0.15) is 5.26 Å². The number of nitriles is 1. The fourth-order valence-electron chi connectivity index (χ4n) is 1.19. The van der Waals surface area contributed by atoms with E-state index in [1.165, 1.54) is 6.42 Å². The molecule has 3 nitrogen and oxygen atoms in total. The lowest BCUT2D eigenvalue weighted by Crippen LogP contribution is -2.31. The molecular formula is C12H26ClN2OP. The van der Waals surface area contributed by atoms with Gasteiger partial charge in [0.2, 0.25) is 7.65 Å². The zero-order valence-electron chi connectivity index (χ0n) is 11.9. The molecule has 0 aliphatic carbocycles. The summed E-state index contributed by atoms with van der Waals surface area (Å²) in [5, 5.41) is 8.36. The lowest BCUT2D eigenvalue weighted by atomic mass is 10.3. The fourth-order valence-corrected chi connectivity index (χ4v) is 3.55. The number of halogens is 1. The molecule has 0 aromatic rings. The van der Waals surface area contributed by atoms with Crippen molar-refractivity contribution in [1.82, 2.24) is 4.67 Å². The molecule has 0 radical (unpaired) electrons. The first kappa shape index (κ1) is 19.5. The molecule has 5 heteroatoms. The standard InChI is InChI=1S/C9H18ClN2OP.C3H8/c1-8(2)12(9(3)4)14(10)13-7-5-6-11;1-3-2/h8-9H,5,7H2,1-4H3;3H2,1-2H3. The van der Waals surface area contributed by atoms with Crippen molar-refractivity contribution in [2.75, 3.05) is 6.61 Å². The zero-order chi connectivity index (χ0) is 13.8. The predicted molar refractivity (Wildman–Crippen MR) is 77.0 cm³/mol. The summed E-state index contributed by atoms with van der Waals surface area (Å²) in [5.41, 5.74) is 0. The van der Waals surface area contributed by atoms with Crippen LogP contribution in [0.1, 0.15) is 54.4 Å². The van der Waals surface area contributed by atoms with Crippen LogP contribution in [0.15, 0.2) is 0 Å². The Labute approximate surface area is 113 Å². The van der Waals surface area contributed by atoms with Crippen molar-refractivity contribution in [2.24, 2.45) is 0 Å². The van der Waals surface area contributed by atoms with Crippen LogP contribution in [-0.4, -0.2) is 23.4 Å².